The molecule has 2 heterocycles. The van der Waals surface area contributed by atoms with E-state index in [0.29, 0.717) is 11.8 Å². The van der Waals surface area contributed by atoms with Crippen molar-refractivity contribution in [1.29, 1.82) is 0 Å². The molecule has 1 atom stereocenters. The van der Waals surface area contributed by atoms with Gasteiger partial charge in [-0.05, 0) is 49.2 Å². The standard InChI is InChI=1S/C21H29N3O/c25-21(17-6-2-1-3-7-17)22-13-16-10-11-24(14-16)15-19-12-18-8-4-5-9-20(18)23-19/h4-5,8-9,12,16-17,23H,1-3,6-7,10-11,13-15H2,(H,22,25)/t16-/m1/s1. The summed E-state index contributed by atoms with van der Waals surface area (Å²) in [7, 11) is 0. The normalized spacial score (nSPS) is 22.5. The summed E-state index contributed by atoms with van der Waals surface area (Å²) in [6.45, 7) is 4.03. The van der Waals surface area contributed by atoms with Gasteiger partial charge in [0.05, 0.1) is 0 Å². The van der Waals surface area contributed by atoms with Crippen molar-refractivity contribution in [3.05, 3.63) is 36.0 Å². The van der Waals surface area contributed by atoms with Crippen LogP contribution in [-0.4, -0.2) is 35.4 Å². The molecule has 1 amide bonds. The largest absolute Gasteiger partial charge is 0.357 e. The van der Waals surface area contributed by atoms with Gasteiger partial charge in [-0.15, -0.1) is 0 Å². The summed E-state index contributed by atoms with van der Waals surface area (Å²) in [6, 6.07) is 10.7. The first-order valence-corrected chi connectivity index (χ1v) is 9.84. The van der Waals surface area contributed by atoms with Crippen LogP contribution in [-0.2, 0) is 11.3 Å². The van der Waals surface area contributed by atoms with Gasteiger partial charge in [-0.2, -0.15) is 0 Å². The molecule has 2 aliphatic rings. The van der Waals surface area contributed by atoms with Crippen molar-refractivity contribution in [2.45, 2.75) is 45.1 Å². The third kappa shape index (κ3) is 4.06. The van der Waals surface area contributed by atoms with E-state index in [0.717, 1.165) is 39.0 Å². The molecule has 0 radical (unpaired) electrons. The fraction of sp³-hybridized carbons (Fsp3) is 0.571. The van der Waals surface area contributed by atoms with E-state index in [1.54, 1.807) is 0 Å². The molecule has 25 heavy (non-hydrogen) atoms. The van der Waals surface area contributed by atoms with Gasteiger partial charge in [0.1, 0.15) is 0 Å². The lowest BCUT2D eigenvalue weighted by Gasteiger charge is -2.22. The van der Waals surface area contributed by atoms with Crippen LogP contribution in [0.5, 0.6) is 0 Å². The van der Waals surface area contributed by atoms with Crippen LogP contribution in [0.15, 0.2) is 30.3 Å². The van der Waals surface area contributed by atoms with Crippen LogP contribution < -0.4 is 5.32 Å². The number of H-pyrrole nitrogens is 1. The highest BCUT2D eigenvalue weighted by atomic mass is 16.1. The number of hydrogen-bond donors (Lipinski definition) is 2. The molecule has 2 N–H and O–H groups in total. The SMILES string of the molecule is O=C(NC[C@H]1CCN(Cc2cc3ccccc3[nH]2)C1)C1CCCCC1. The number of amides is 1. The topological polar surface area (TPSA) is 48.1 Å². The summed E-state index contributed by atoms with van der Waals surface area (Å²) in [5, 5.41) is 4.51. The number of likely N-dealkylation sites (tertiary alicyclic amines) is 1. The predicted octanol–water partition coefficient (Wildman–Crippen LogP) is 3.69. The Morgan fingerprint density at radius 1 is 1.16 bits per heavy atom. The molecule has 2 fully saturated rings. The molecule has 4 heteroatoms. The van der Waals surface area contributed by atoms with Crippen molar-refractivity contribution >= 4 is 16.8 Å². The highest BCUT2D eigenvalue weighted by Gasteiger charge is 2.25. The minimum Gasteiger partial charge on any atom is -0.357 e. The van der Waals surface area contributed by atoms with Gasteiger partial charge in [-0.1, -0.05) is 37.5 Å². The summed E-state index contributed by atoms with van der Waals surface area (Å²) in [5.41, 5.74) is 2.50. The number of hydrogen-bond acceptors (Lipinski definition) is 2. The summed E-state index contributed by atoms with van der Waals surface area (Å²) >= 11 is 0. The van der Waals surface area contributed by atoms with E-state index in [2.05, 4.69) is 45.5 Å². The Bertz CT molecular complexity index is 684. The lowest BCUT2D eigenvalue weighted by molar-refractivity contribution is -0.126. The number of carbonyl (C=O) groups is 1. The van der Waals surface area contributed by atoms with Crippen molar-refractivity contribution in [1.82, 2.24) is 15.2 Å². The van der Waals surface area contributed by atoms with Crippen molar-refractivity contribution < 1.29 is 4.79 Å². The van der Waals surface area contributed by atoms with Crippen molar-refractivity contribution in [3.63, 3.8) is 0 Å². The Kier molecular flexibility index (Phi) is 5.07. The number of nitrogens with zero attached hydrogens (tertiary/aromatic N) is 1. The summed E-state index contributed by atoms with van der Waals surface area (Å²) in [4.78, 5) is 18.3. The van der Waals surface area contributed by atoms with Crippen LogP contribution in [0.4, 0.5) is 0 Å². The van der Waals surface area contributed by atoms with E-state index in [4.69, 9.17) is 0 Å². The third-order valence-electron chi connectivity index (χ3n) is 5.89. The van der Waals surface area contributed by atoms with Crippen molar-refractivity contribution in [3.8, 4) is 0 Å². The maximum atomic E-state index is 12.3. The molecule has 134 valence electrons. The van der Waals surface area contributed by atoms with E-state index in [-0.39, 0.29) is 5.92 Å². The molecule has 1 saturated heterocycles. The Balaban J connectivity index is 1.24. The molecule has 1 aromatic carbocycles. The number of nitrogens with one attached hydrogen (secondary N) is 2. The zero-order valence-corrected chi connectivity index (χ0v) is 15.0. The van der Waals surface area contributed by atoms with Crippen LogP contribution in [0.2, 0.25) is 0 Å². The summed E-state index contributed by atoms with van der Waals surface area (Å²) in [5.74, 6) is 1.17. The van der Waals surface area contributed by atoms with Crippen LogP contribution in [0.25, 0.3) is 10.9 Å². The number of carbonyl (C=O) groups excluding carboxylic acids is 1. The van der Waals surface area contributed by atoms with Crippen LogP contribution >= 0.6 is 0 Å². The second-order valence-electron chi connectivity index (χ2n) is 7.85. The van der Waals surface area contributed by atoms with Crippen LogP contribution in [0.1, 0.15) is 44.2 Å². The summed E-state index contributed by atoms with van der Waals surface area (Å²) < 4.78 is 0. The first-order chi connectivity index (χ1) is 12.3. The van der Waals surface area contributed by atoms with E-state index in [1.165, 1.54) is 42.3 Å². The molecule has 1 aliphatic heterocycles. The molecule has 1 saturated carbocycles. The zero-order valence-electron chi connectivity index (χ0n) is 15.0. The summed E-state index contributed by atoms with van der Waals surface area (Å²) in [6.07, 6.45) is 7.10. The van der Waals surface area contributed by atoms with Gasteiger partial charge in [0.2, 0.25) is 5.91 Å². The van der Waals surface area contributed by atoms with Gasteiger partial charge in [-0.25, -0.2) is 0 Å². The number of rotatable bonds is 5. The van der Waals surface area contributed by atoms with Crippen LogP contribution in [0.3, 0.4) is 0 Å². The number of aromatic amines is 1. The van der Waals surface area contributed by atoms with E-state index in [1.807, 2.05) is 0 Å². The highest BCUT2D eigenvalue weighted by Crippen LogP contribution is 2.24. The minimum absolute atomic E-state index is 0.276. The molecule has 4 rings (SSSR count). The maximum absolute atomic E-state index is 12.3. The number of para-hydroxylation sites is 1. The minimum atomic E-state index is 0.276. The Morgan fingerprint density at radius 2 is 2.00 bits per heavy atom. The van der Waals surface area contributed by atoms with Crippen molar-refractivity contribution in [2.75, 3.05) is 19.6 Å². The Labute approximate surface area is 150 Å². The molecular formula is C21H29N3O. The predicted molar refractivity (Wildman–Crippen MR) is 101 cm³/mol. The molecular weight excluding hydrogens is 310 g/mol. The van der Waals surface area contributed by atoms with E-state index < -0.39 is 0 Å². The Hall–Kier alpha value is -1.81. The van der Waals surface area contributed by atoms with Gasteiger partial charge < -0.3 is 10.3 Å². The van der Waals surface area contributed by atoms with E-state index in [9.17, 15) is 4.79 Å². The number of benzene rings is 1. The number of aromatic nitrogens is 1. The van der Waals surface area contributed by atoms with Gasteiger partial charge in [0, 0.05) is 36.8 Å². The van der Waals surface area contributed by atoms with Crippen molar-refractivity contribution in [2.24, 2.45) is 11.8 Å². The second-order valence-corrected chi connectivity index (χ2v) is 7.85. The van der Waals surface area contributed by atoms with Gasteiger partial charge in [0.25, 0.3) is 0 Å². The highest BCUT2D eigenvalue weighted by molar-refractivity contribution is 5.80. The van der Waals surface area contributed by atoms with Crippen LogP contribution in [0, 0.1) is 11.8 Å². The first-order valence-electron chi connectivity index (χ1n) is 9.84. The average molecular weight is 339 g/mol. The lowest BCUT2D eigenvalue weighted by atomic mass is 9.88. The lowest BCUT2D eigenvalue weighted by Crippen LogP contribution is -2.36. The molecule has 1 aliphatic carbocycles. The van der Waals surface area contributed by atoms with Gasteiger partial charge in [-0.3, -0.25) is 9.69 Å². The quantitative estimate of drug-likeness (QED) is 0.873. The van der Waals surface area contributed by atoms with E-state index >= 15 is 0 Å². The molecule has 4 nitrogen and oxygen atoms in total. The number of fused-ring (bicyclic) bond motifs is 1. The van der Waals surface area contributed by atoms with Gasteiger partial charge in [0.15, 0.2) is 0 Å². The van der Waals surface area contributed by atoms with Gasteiger partial charge >= 0.3 is 0 Å². The fourth-order valence-electron chi connectivity index (χ4n) is 4.44. The zero-order chi connectivity index (χ0) is 17.1. The molecule has 0 bridgehead atoms. The fourth-order valence-corrected chi connectivity index (χ4v) is 4.44. The first kappa shape index (κ1) is 16.6. The smallest absolute Gasteiger partial charge is 0.223 e. The third-order valence-corrected chi connectivity index (χ3v) is 5.89. The molecule has 2 aromatic rings. The second kappa shape index (κ2) is 7.61. The Morgan fingerprint density at radius 3 is 2.84 bits per heavy atom. The maximum Gasteiger partial charge on any atom is 0.223 e. The molecule has 1 aromatic heterocycles. The monoisotopic (exact) mass is 339 g/mol. The molecule has 0 unspecified atom stereocenters. The average Bonchev–Trinajstić information content (AvgIpc) is 3.26. The molecule has 0 spiro atoms.